The molecule has 16 heteroatoms. The van der Waals surface area contributed by atoms with Gasteiger partial charge in [-0.3, -0.25) is 33.6 Å². The zero-order valence-corrected chi connectivity index (χ0v) is 35.3. The number of aryl methyl sites for hydroxylation is 1. The lowest BCUT2D eigenvalue weighted by molar-refractivity contribution is -0.145. The van der Waals surface area contributed by atoms with E-state index in [1.54, 1.807) is 46.8 Å². The Bertz CT molecular complexity index is 1880. The minimum absolute atomic E-state index is 0.0300. The van der Waals surface area contributed by atoms with Crippen molar-refractivity contribution in [3.05, 3.63) is 45.9 Å². The van der Waals surface area contributed by atoms with Crippen LogP contribution >= 0.6 is 11.6 Å². The minimum atomic E-state index is -1.18. The summed E-state index contributed by atoms with van der Waals surface area (Å²) in [7, 11) is 0. The van der Waals surface area contributed by atoms with Crippen molar-refractivity contribution in [3.63, 3.8) is 0 Å². The number of H-pyrrole nitrogens is 1. The zero-order valence-electron chi connectivity index (χ0n) is 34.6. The molecule has 58 heavy (non-hydrogen) atoms. The van der Waals surface area contributed by atoms with E-state index in [-0.39, 0.29) is 54.3 Å². The fourth-order valence-corrected chi connectivity index (χ4v) is 8.01. The number of hydrogen-bond donors (Lipinski definition) is 5. The average Bonchev–Trinajstić information content (AvgIpc) is 3.80. The quantitative estimate of drug-likeness (QED) is 0.121. The second-order valence-corrected chi connectivity index (χ2v) is 17.5. The summed E-state index contributed by atoms with van der Waals surface area (Å²) in [4.78, 5) is 105. The van der Waals surface area contributed by atoms with Gasteiger partial charge in [-0.1, -0.05) is 65.0 Å². The topological polar surface area (TPSA) is 209 Å². The van der Waals surface area contributed by atoms with Crippen molar-refractivity contribution in [2.24, 2.45) is 11.3 Å². The van der Waals surface area contributed by atoms with Crippen LogP contribution in [0.5, 0.6) is 5.88 Å². The van der Waals surface area contributed by atoms with E-state index in [9.17, 15) is 33.6 Å². The molecule has 5 atom stereocenters. The average molecular weight is 824 g/mol. The number of pyridine rings is 1. The molecule has 15 nitrogen and oxygen atoms in total. The Kier molecular flexibility index (Phi) is 14.4. The molecule has 2 aromatic heterocycles. The molecule has 5 N–H and O–H groups in total. The Balaban J connectivity index is 1.42. The van der Waals surface area contributed by atoms with Crippen LogP contribution in [0.3, 0.4) is 0 Å². The van der Waals surface area contributed by atoms with E-state index in [1.165, 1.54) is 18.0 Å². The third-order valence-electron chi connectivity index (χ3n) is 11.4. The Hall–Kier alpha value is -4.79. The molecule has 0 radical (unpaired) electrons. The largest absolute Gasteiger partial charge is 0.472 e. The number of carbonyl (C=O) groups excluding carboxylic acids is 7. The summed E-state index contributed by atoms with van der Waals surface area (Å²) in [6.07, 6.45) is 7.11. The van der Waals surface area contributed by atoms with Crippen LogP contribution in [-0.2, 0) is 24.0 Å². The van der Waals surface area contributed by atoms with E-state index < -0.39 is 71.0 Å². The van der Waals surface area contributed by atoms with Crippen LogP contribution in [0.2, 0.25) is 5.02 Å². The van der Waals surface area contributed by atoms with Crippen LogP contribution in [0.25, 0.3) is 0 Å². The Morgan fingerprint density at radius 2 is 1.67 bits per heavy atom. The first-order valence-corrected chi connectivity index (χ1v) is 20.8. The van der Waals surface area contributed by atoms with Crippen LogP contribution in [0.1, 0.15) is 131 Å². The first kappa shape index (κ1) is 44.3. The molecule has 3 fully saturated rings. The summed E-state index contributed by atoms with van der Waals surface area (Å²) in [6.45, 7) is 12.1. The summed E-state index contributed by atoms with van der Waals surface area (Å²) in [6, 6.07) is -1.32. The van der Waals surface area contributed by atoms with E-state index in [2.05, 4.69) is 31.2 Å². The summed E-state index contributed by atoms with van der Waals surface area (Å²) < 4.78 is 6.13. The smallest absolute Gasteiger partial charge is 0.289 e. The van der Waals surface area contributed by atoms with Gasteiger partial charge in [0.1, 0.15) is 29.9 Å². The highest BCUT2D eigenvalue weighted by atomic mass is 35.5. The number of ether oxygens (including phenoxy) is 1. The number of halogens is 1. The third kappa shape index (κ3) is 10.8. The fraction of sp³-hybridized carbons (Fsp3) is 0.619. The molecule has 316 valence electrons. The van der Waals surface area contributed by atoms with Crippen molar-refractivity contribution in [3.8, 4) is 5.88 Å². The van der Waals surface area contributed by atoms with Crippen molar-refractivity contribution < 1.29 is 38.3 Å². The van der Waals surface area contributed by atoms with E-state index in [1.807, 2.05) is 6.92 Å². The Morgan fingerprint density at radius 1 is 0.983 bits per heavy atom. The van der Waals surface area contributed by atoms with Crippen molar-refractivity contribution in [1.29, 1.82) is 0 Å². The van der Waals surface area contributed by atoms with Crippen molar-refractivity contribution in [1.82, 2.24) is 36.1 Å². The molecule has 3 heterocycles. The monoisotopic (exact) mass is 823 g/mol. The number of rotatable bonds is 16. The summed E-state index contributed by atoms with van der Waals surface area (Å²) >= 11 is 6.03. The lowest BCUT2D eigenvalue weighted by Gasteiger charge is -2.37. The van der Waals surface area contributed by atoms with Crippen LogP contribution in [0.15, 0.2) is 18.3 Å². The maximum Gasteiger partial charge on any atom is 0.289 e. The van der Waals surface area contributed by atoms with Gasteiger partial charge in [-0.05, 0) is 75.8 Å². The number of amides is 5. The van der Waals surface area contributed by atoms with E-state index >= 15 is 0 Å². The first-order chi connectivity index (χ1) is 27.4. The summed E-state index contributed by atoms with van der Waals surface area (Å²) in [5.41, 5.74) is 0.771. The molecule has 2 saturated carbocycles. The summed E-state index contributed by atoms with van der Waals surface area (Å²) in [5, 5.41) is 11.7. The molecular formula is C42H58ClN7O8. The van der Waals surface area contributed by atoms with Crippen molar-refractivity contribution in [2.75, 3.05) is 6.54 Å². The predicted molar refractivity (Wildman–Crippen MR) is 216 cm³/mol. The van der Waals surface area contributed by atoms with E-state index in [0.29, 0.717) is 35.5 Å². The predicted octanol–water partition coefficient (Wildman–Crippen LogP) is 4.27. The zero-order chi connectivity index (χ0) is 42.5. The highest BCUT2D eigenvalue weighted by Gasteiger charge is 2.47. The fourth-order valence-electron chi connectivity index (χ4n) is 7.90. The second kappa shape index (κ2) is 18.9. The Labute approximate surface area is 344 Å². The molecule has 2 aromatic rings. The van der Waals surface area contributed by atoms with Crippen molar-refractivity contribution >= 4 is 52.7 Å². The van der Waals surface area contributed by atoms with Gasteiger partial charge < -0.3 is 35.9 Å². The third-order valence-corrected chi connectivity index (χ3v) is 11.6. The maximum atomic E-state index is 14.9. The van der Waals surface area contributed by atoms with Crippen LogP contribution in [0.4, 0.5) is 0 Å². The molecule has 0 aromatic carbocycles. The minimum Gasteiger partial charge on any atom is -0.472 e. The van der Waals surface area contributed by atoms with Gasteiger partial charge in [-0.15, -0.1) is 0 Å². The molecular weight excluding hydrogens is 766 g/mol. The Morgan fingerprint density at radius 3 is 2.26 bits per heavy atom. The van der Waals surface area contributed by atoms with Crippen LogP contribution in [-0.4, -0.2) is 98.8 Å². The van der Waals surface area contributed by atoms with Gasteiger partial charge in [0.2, 0.25) is 29.4 Å². The molecule has 2 aliphatic carbocycles. The number of Topliss-reactive ketones (excluding diaryl/α,β-unsaturated/α-hetero) is 2. The molecule has 1 aliphatic heterocycles. The molecule has 5 amide bonds. The van der Waals surface area contributed by atoms with Gasteiger partial charge in [0.25, 0.3) is 11.8 Å². The van der Waals surface area contributed by atoms with Crippen LogP contribution in [0, 0.1) is 25.2 Å². The van der Waals surface area contributed by atoms with Gasteiger partial charge >= 0.3 is 0 Å². The highest BCUT2D eigenvalue weighted by Crippen LogP contribution is 2.31. The van der Waals surface area contributed by atoms with E-state index in [0.717, 1.165) is 32.1 Å². The number of aromatic nitrogens is 2. The van der Waals surface area contributed by atoms with Crippen molar-refractivity contribution in [2.45, 2.75) is 149 Å². The normalized spacial score (nSPS) is 20.0. The number of carbonyl (C=O) groups is 7. The number of aromatic amines is 1. The molecule has 3 aliphatic rings. The van der Waals surface area contributed by atoms with Crippen LogP contribution < -0.4 is 26.0 Å². The second-order valence-electron chi connectivity index (χ2n) is 17.1. The lowest BCUT2D eigenvalue weighted by atomic mass is 9.82. The maximum absolute atomic E-state index is 14.9. The number of nitrogens with one attached hydrogen (secondary N) is 5. The van der Waals surface area contributed by atoms with Gasteiger partial charge in [0, 0.05) is 30.4 Å². The number of hydrogen-bond acceptors (Lipinski definition) is 9. The molecule has 0 bridgehead atoms. The lowest BCUT2D eigenvalue weighted by Crippen LogP contribution is -2.62. The number of likely N-dealkylation sites (tertiary alicyclic amines) is 1. The number of nitrogens with zero attached hydrogens (tertiary/aromatic N) is 2. The van der Waals surface area contributed by atoms with Gasteiger partial charge in [-0.2, -0.15) is 0 Å². The molecule has 1 saturated heterocycles. The number of ketones is 2. The molecule has 1 unspecified atom stereocenters. The highest BCUT2D eigenvalue weighted by molar-refractivity contribution is 6.38. The summed E-state index contributed by atoms with van der Waals surface area (Å²) in [5.74, 6) is -4.17. The SMILES string of the molecule is CCC[C@H](NC(=O)[C@@H]1C[C@@H](Oc2ccc(Cl)cn2)CN1C(=O)[C@@H](NC(=O)C(NC(=O)c1[nH]c(C)c(C)c1C(C)=O)C1CCCCC1)C(C)(C)C)C(=O)C(=O)NC1CC1. The van der Waals surface area contributed by atoms with E-state index in [4.69, 9.17) is 16.3 Å². The standard InChI is InChI=1S/C42H58ClN7O8/c1-8-12-29(35(52)40(56)46-27-16-17-27)47-37(53)30-19-28(58-31-18-15-26(43)20-44-31)21-50(30)41(57)36(42(5,6)7)49-38(54)33(25-13-10-9-11-14-25)48-39(55)34-32(24(4)51)22(2)23(3)45-34/h15,18,20,25,27-30,33,36,45H,8-14,16-17,19,21H2,1-7H3,(H,46,56)(H,47,53)(H,48,55)(H,49,54)/t28-,29+,30+,33?,36-/m1/s1. The molecule has 0 spiro atoms. The van der Waals surface area contributed by atoms with Gasteiger partial charge in [0.05, 0.1) is 23.2 Å². The first-order valence-electron chi connectivity index (χ1n) is 20.4. The van der Waals surface area contributed by atoms with Gasteiger partial charge in [0.15, 0.2) is 5.78 Å². The van der Waals surface area contributed by atoms with Gasteiger partial charge in [-0.25, -0.2) is 4.98 Å². The molecule has 5 rings (SSSR count).